The van der Waals surface area contributed by atoms with Crippen molar-refractivity contribution < 1.29 is 4.79 Å². The zero-order valence-electron chi connectivity index (χ0n) is 9.89. The molecule has 0 aliphatic rings. The molecule has 0 spiro atoms. The average Bonchev–Trinajstić information content (AvgIpc) is 2.32. The topological polar surface area (TPSA) is 95.1 Å². The molecule has 0 aromatic heterocycles. The van der Waals surface area contributed by atoms with Gasteiger partial charge in [0.25, 0.3) is 5.91 Å². The van der Waals surface area contributed by atoms with Crippen LogP contribution in [-0.2, 0) is 6.42 Å². The lowest BCUT2D eigenvalue weighted by atomic mass is 10.0. The minimum Gasteiger partial charge on any atom is -0.399 e. The normalized spacial score (nSPS) is 10.2. The molecule has 92 valence electrons. The number of hydrogen-bond donors (Lipinski definition) is 3. The molecular weight excluding hydrogens is 226 g/mol. The third-order valence-corrected chi connectivity index (χ3v) is 2.77. The van der Waals surface area contributed by atoms with Crippen molar-refractivity contribution in [2.75, 3.05) is 11.5 Å². The van der Waals surface area contributed by atoms with Gasteiger partial charge in [-0.2, -0.15) is 0 Å². The number of nitrogens with two attached hydrogens (primary N) is 3. The van der Waals surface area contributed by atoms with E-state index < -0.39 is 5.91 Å². The highest BCUT2D eigenvalue weighted by Gasteiger charge is 2.06. The van der Waals surface area contributed by atoms with Gasteiger partial charge in [0.1, 0.15) is 0 Å². The maximum Gasteiger partial charge on any atom is 0.250 e. The van der Waals surface area contributed by atoms with Gasteiger partial charge in [0, 0.05) is 11.4 Å². The molecule has 0 heterocycles. The molecule has 1 amide bonds. The van der Waals surface area contributed by atoms with Crippen molar-refractivity contribution in [1.29, 1.82) is 0 Å². The fourth-order valence-corrected chi connectivity index (χ4v) is 1.82. The average molecular weight is 241 g/mol. The fraction of sp³-hybridized carbons (Fsp3) is 0.0714. The van der Waals surface area contributed by atoms with Gasteiger partial charge >= 0.3 is 0 Å². The van der Waals surface area contributed by atoms with Crippen LogP contribution in [0.5, 0.6) is 0 Å². The van der Waals surface area contributed by atoms with Crippen molar-refractivity contribution in [2.24, 2.45) is 5.73 Å². The fourth-order valence-electron chi connectivity index (χ4n) is 1.82. The second-order valence-electron chi connectivity index (χ2n) is 4.20. The van der Waals surface area contributed by atoms with Crippen LogP contribution < -0.4 is 17.2 Å². The lowest BCUT2D eigenvalue weighted by molar-refractivity contribution is 0.100. The maximum atomic E-state index is 11.1. The zero-order valence-corrected chi connectivity index (χ0v) is 9.89. The summed E-state index contributed by atoms with van der Waals surface area (Å²) in [6.45, 7) is 0. The van der Waals surface area contributed by atoms with Crippen LogP contribution in [0.2, 0.25) is 0 Å². The predicted molar refractivity (Wildman–Crippen MR) is 73.0 cm³/mol. The largest absolute Gasteiger partial charge is 0.399 e. The van der Waals surface area contributed by atoms with Crippen LogP contribution in [0.25, 0.3) is 0 Å². The van der Waals surface area contributed by atoms with E-state index in [1.807, 2.05) is 30.3 Å². The molecule has 0 bridgehead atoms. The molecule has 2 rings (SSSR count). The van der Waals surface area contributed by atoms with Gasteiger partial charge in [0.2, 0.25) is 0 Å². The van der Waals surface area contributed by atoms with Gasteiger partial charge in [0.05, 0.1) is 5.56 Å². The molecule has 4 heteroatoms. The van der Waals surface area contributed by atoms with E-state index in [1.54, 1.807) is 12.1 Å². The number of hydrogen-bond acceptors (Lipinski definition) is 3. The van der Waals surface area contributed by atoms with Crippen molar-refractivity contribution in [1.82, 2.24) is 0 Å². The predicted octanol–water partition coefficient (Wildman–Crippen LogP) is 1.54. The van der Waals surface area contributed by atoms with Crippen LogP contribution in [0.4, 0.5) is 11.4 Å². The lowest BCUT2D eigenvalue weighted by Gasteiger charge is -2.06. The Labute approximate surface area is 105 Å². The number of anilines is 2. The quantitative estimate of drug-likeness (QED) is 0.711. The molecule has 0 aliphatic heterocycles. The van der Waals surface area contributed by atoms with Crippen molar-refractivity contribution in [2.45, 2.75) is 6.42 Å². The Morgan fingerprint density at radius 1 is 0.944 bits per heavy atom. The summed E-state index contributed by atoms with van der Waals surface area (Å²) in [5, 5.41) is 0. The number of carbonyl (C=O) groups is 1. The molecule has 0 unspecified atom stereocenters. The summed E-state index contributed by atoms with van der Waals surface area (Å²) in [6.07, 6.45) is 0.740. The molecular formula is C14H15N3O. The van der Waals surface area contributed by atoms with E-state index in [0.717, 1.165) is 23.2 Å². The summed E-state index contributed by atoms with van der Waals surface area (Å²) in [5.41, 5.74) is 20.3. The summed E-state index contributed by atoms with van der Waals surface area (Å²) < 4.78 is 0. The Balaban J connectivity index is 2.22. The SMILES string of the molecule is NC(=O)c1ccc(Cc2ccc(N)cc2)cc1N. The van der Waals surface area contributed by atoms with Crippen LogP contribution >= 0.6 is 0 Å². The molecule has 2 aromatic rings. The molecule has 6 N–H and O–H groups in total. The summed E-state index contributed by atoms with van der Waals surface area (Å²) in [7, 11) is 0. The third kappa shape index (κ3) is 2.60. The summed E-state index contributed by atoms with van der Waals surface area (Å²) >= 11 is 0. The van der Waals surface area contributed by atoms with Crippen LogP contribution in [0.15, 0.2) is 42.5 Å². The summed E-state index contributed by atoms with van der Waals surface area (Å²) in [4.78, 5) is 11.1. The summed E-state index contributed by atoms with van der Waals surface area (Å²) in [6, 6.07) is 12.9. The van der Waals surface area contributed by atoms with Gasteiger partial charge in [-0.15, -0.1) is 0 Å². The Bertz CT molecular complexity index is 576. The number of nitrogen functional groups attached to an aromatic ring is 2. The smallest absolute Gasteiger partial charge is 0.250 e. The second kappa shape index (κ2) is 4.79. The highest BCUT2D eigenvalue weighted by atomic mass is 16.1. The number of amides is 1. The van der Waals surface area contributed by atoms with Crippen LogP contribution in [0, 0.1) is 0 Å². The highest BCUT2D eigenvalue weighted by Crippen LogP contribution is 2.17. The van der Waals surface area contributed by atoms with Crippen LogP contribution in [0.3, 0.4) is 0 Å². The van der Waals surface area contributed by atoms with E-state index in [0.29, 0.717) is 11.3 Å². The van der Waals surface area contributed by atoms with E-state index in [9.17, 15) is 4.79 Å². The second-order valence-corrected chi connectivity index (χ2v) is 4.20. The molecule has 2 aromatic carbocycles. The number of benzene rings is 2. The Hall–Kier alpha value is -2.49. The first-order valence-corrected chi connectivity index (χ1v) is 5.59. The van der Waals surface area contributed by atoms with E-state index in [1.165, 1.54) is 0 Å². The molecule has 0 fully saturated rings. The van der Waals surface area contributed by atoms with Crippen LogP contribution in [0.1, 0.15) is 21.5 Å². The van der Waals surface area contributed by atoms with E-state index in [4.69, 9.17) is 17.2 Å². The van der Waals surface area contributed by atoms with Crippen molar-refractivity contribution >= 4 is 17.3 Å². The Kier molecular flexibility index (Phi) is 3.19. The van der Waals surface area contributed by atoms with Crippen molar-refractivity contribution in [3.8, 4) is 0 Å². The minimum atomic E-state index is -0.508. The zero-order chi connectivity index (χ0) is 13.1. The first-order chi connectivity index (χ1) is 8.56. The molecule has 0 saturated carbocycles. The third-order valence-electron chi connectivity index (χ3n) is 2.77. The lowest BCUT2D eigenvalue weighted by Crippen LogP contribution is -2.13. The molecule has 4 nitrogen and oxygen atoms in total. The molecule has 0 radical (unpaired) electrons. The first kappa shape index (κ1) is 12.0. The molecule has 0 aliphatic carbocycles. The Morgan fingerprint density at radius 2 is 1.56 bits per heavy atom. The van der Waals surface area contributed by atoms with E-state index in [-0.39, 0.29) is 0 Å². The van der Waals surface area contributed by atoms with Crippen LogP contribution in [-0.4, -0.2) is 5.91 Å². The number of rotatable bonds is 3. The van der Waals surface area contributed by atoms with Gasteiger partial charge in [-0.3, -0.25) is 4.79 Å². The molecule has 0 saturated heterocycles. The first-order valence-electron chi connectivity index (χ1n) is 5.59. The summed E-state index contributed by atoms with van der Waals surface area (Å²) in [5.74, 6) is -0.508. The van der Waals surface area contributed by atoms with E-state index >= 15 is 0 Å². The Morgan fingerprint density at radius 3 is 2.11 bits per heavy atom. The van der Waals surface area contributed by atoms with Gasteiger partial charge in [-0.1, -0.05) is 18.2 Å². The maximum absolute atomic E-state index is 11.1. The van der Waals surface area contributed by atoms with Gasteiger partial charge in [-0.05, 0) is 41.8 Å². The van der Waals surface area contributed by atoms with Gasteiger partial charge < -0.3 is 17.2 Å². The van der Waals surface area contributed by atoms with E-state index in [2.05, 4.69) is 0 Å². The van der Waals surface area contributed by atoms with Gasteiger partial charge in [0.15, 0.2) is 0 Å². The monoisotopic (exact) mass is 241 g/mol. The molecule has 0 atom stereocenters. The van der Waals surface area contributed by atoms with Crippen molar-refractivity contribution in [3.63, 3.8) is 0 Å². The number of primary amides is 1. The molecule has 18 heavy (non-hydrogen) atoms. The standard InChI is InChI=1S/C14H15N3O/c15-11-4-1-9(2-5-11)7-10-3-6-12(14(17)18)13(16)8-10/h1-6,8H,7,15-16H2,(H2,17,18). The van der Waals surface area contributed by atoms with Crippen molar-refractivity contribution in [3.05, 3.63) is 59.2 Å². The number of carbonyl (C=O) groups excluding carboxylic acids is 1. The minimum absolute atomic E-state index is 0.357. The van der Waals surface area contributed by atoms with Gasteiger partial charge in [-0.25, -0.2) is 0 Å². The highest BCUT2D eigenvalue weighted by molar-refractivity contribution is 5.98.